The van der Waals surface area contributed by atoms with E-state index in [0.29, 0.717) is 11.8 Å². The van der Waals surface area contributed by atoms with E-state index < -0.39 is 29.3 Å². The normalized spacial score (nSPS) is 12.7. The predicted molar refractivity (Wildman–Crippen MR) is 77.7 cm³/mol. The Morgan fingerprint density at radius 2 is 1.91 bits per heavy atom. The largest absolute Gasteiger partial charge is 0.418 e. The van der Waals surface area contributed by atoms with Gasteiger partial charge in [0, 0.05) is 18.9 Å². The third-order valence-corrected chi connectivity index (χ3v) is 3.29. The molecule has 1 atom stereocenters. The fourth-order valence-electron chi connectivity index (χ4n) is 2.01. The fourth-order valence-corrected chi connectivity index (χ4v) is 2.01. The Hall–Kier alpha value is -2.41. The second-order valence-electron chi connectivity index (χ2n) is 5.06. The maximum Gasteiger partial charge on any atom is 0.418 e. The molecule has 4 nitrogen and oxygen atoms in total. The van der Waals surface area contributed by atoms with Gasteiger partial charge in [-0.15, -0.1) is 0 Å². The van der Waals surface area contributed by atoms with E-state index in [-0.39, 0.29) is 6.54 Å². The Kier molecular flexibility index (Phi) is 5.00. The van der Waals surface area contributed by atoms with E-state index in [0.717, 1.165) is 17.8 Å². The van der Waals surface area contributed by atoms with Crippen LogP contribution in [0, 0.1) is 6.92 Å². The van der Waals surface area contributed by atoms with Crippen molar-refractivity contribution in [3.05, 3.63) is 65.0 Å². The molecule has 7 heteroatoms. The van der Waals surface area contributed by atoms with Crippen LogP contribution in [0.4, 0.5) is 13.2 Å². The van der Waals surface area contributed by atoms with Crippen LogP contribution in [0.1, 0.15) is 33.2 Å². The minimum absolute atomic E-state index is 0.193. The summed E-state index contributed by atoms with van der Waals surface area (Å²) in [5, 5.41) is 12.3. The van der Waals surface area contributed by atoms with Crippen LogP contribution in [0.25, 0.3) is 0 Å². The lowest BCUT2D eigenvalue weighted by Crippen LogP contribution is -2.30. The van der Waals surface area contributed by atoms with Crippen molar-refractivity contribution in [1.82, 2.24) is 10.3 Å². The van der Waals surface area contributed by atoms with Gasteiger partial charge in [-0.25, -0.2) is 0 Å². The highest BCUT2D eigenvalue weighted by atomic mass is 19.4. The third-order valence-electron chi connectivity index (χ3n) is 3.29. The van der Waals surface area contributed by atoms with Crippen LogP contribution < -0.4 is 5.32 Å². The van der Waals surface area contributed by atoms with Crippen molar-refractivity contribution in [2.24, 2.45) is 0 Å². The number of hydrogen-bond donors (Lipinski definition) is 2. The Balaban J connectivity index is 2.07. The van der Waals surface area contributed by atoms with E-state index in [4.69, 9.17) is 0 Å². The molecule has 1 aromatic carbocycles. The molecule has 2 aromatic rings. The van der Waals surface area contributed by atoms with E-state index in [9.17, 15) is 23.1 Å². The summed E-state index contributed by atoms with van der Waals surface area (Å²) < 4.78 is 38.5. The molecule has 0 saturated heterocycles. The van der Waals surface area contributed by atoms with Gasteiger partial charge in [-0.2, -0.15) is 13.2 Å². The number of pyridine rings is 1. The number of amides is 1. The number of carbonyl (C=O) groups excluding carboxylic acids is 1. The first-order valence-corrected chi connectivity index (χ1v) is 6.83. The number of halogens is 3. The van der Waals surface area contributed by atoms with Gasteiger partial charge in [0.25, 0.3) is 5.91 Å². The Labute approximate surface area is 131 Å². The molecule has 0 aliphatic heterocycles. The Morgan fingerprint density at radius 1 is 1.26 bits per heavy atom. The highest BCUT2D eigenvalue weighted by Gasteiger charge is 2.35. The van der Waals surface area contributed by atoms with Gasteiger partial charge in [-0.3, -0.25) is 9.78 Å². The van der Waals surface area contributed by atoms with Crippen molar-refractivity contribution in [2.45, 2.75) is 19.2 Å². The Bertz CT molecular complexity index is 684. The molecule has 0 unspecified atom stereocenters. The second-order valence-corrected chi connectivity index (χ2v) is 5.06. The summed E-state index contributed by atoms with van der Waals surface area (Å²) >= 11 is 0. The maximum absolute atomic E-state index is 12.8. The number of carbonyl (C=O) groups is 1. The zero-order chi connectivity index (χ0) is 17.0. The van der Waals surface area contributed by atoms with Crippen LogP contribution >= 0.6 is 0 Å². The minimum Gasteiger partial charge on any atom is -0.387 e. The van der Waals surface area contributed by atoms with E-state index in [1.165, 1.54) is 0 Å². The monoisotopic (exact) mass is 324 g/mol. The first-order chi connectivity index (χ1) is 10.8. The molecule has 0 bridgehead atoms. The number of rotatable bonds is 4. The lowest BCUT2D eigenvalue weighted by Gasteiger charge is -2.15. The number of alkyl halides is 3. The zero-order valence-electron chi connectivity index (χ0n) is 12.3. The molecule has 1 aromatic heterocycles. The summed E-state index contributed by atoms with van der Waals surface area (Å²) in [6, 6.07) is 7.98. The molecule has 0 spiro atoms. The average Bonchev–Trinajstić information content (AvgIpc) is 2.52. The van der Waals surface area contributed by atoms with E-state index >= 15 is 0 Å². The highest BCUT2D eigenvalue weighted by molar-refractivity contribution is 5.95. The van der Waals surface area contributed by atoms with Gasteiger partial charge >= 0.3 is 6.18 Å². The van der Waals surface area contributed by atoms with Crippen molar-refractivity contribution >= 4 is 5.91 Å². The number of aryl methyl sites for hydroxylation is 1. The highest BCUT2D eigenvalue weighted by Crippen LogP contribution is 2.31. The molecule has 1 amide bonds. The van der Waals surface area contributed by atoms with Crippen LogP contribution in [-0.4, -0.2) is 22.5 Å². The molecule has 0 aliphatic rings. The lowest BCUT2D eigenvalue weighted by molar-refractivity contribution is -0.138. The Morgan fingerprint density at radius 3 is 2.52 bits per heavy atom. The molecular formula is C16H15F3N2O2. The third kappa shape index (κ3) is 4.29. The van der Waals surface area contributed by atoms with Gasteiger partial charge in [0.2, 0.25) is 0 Å². The molecular weight excluding hydrogens is 309 g/mol. The maximum atomic E-state index is 12.8. The molecule has 0 radical (unpaired) electrons. The van der Waals surface area contributed by atoms with Crippen molar-refractivity contribution < 1.29 is 23.1 Å². The number of aliphatic hydroxyl groups excluding tert-OH is 1. The number of aromatic nitrogens is 1. The van der Waals surface area contributed by atoms with Crippen molar-refractivity contribution in [2.75, 3.05) is 6.54 Å². The minimum atomic E-state index is -4.67. The lowest BCUT2D eigenvalue weighted by atomic mass is 10.1. The molecule has 122 valence electrons. The number of benzene rings is 1. The van der Waals surface area contributed by atoms with Crippen LogP contribution in [0.15, 0.2) is 42.7 Å². The molecule has 1 heterocycles. The molecule has 0 fully saturated rings. The van der Waals surface area contributed by atoms with Crippen molar-refractivity contribution in [3.63, 3.8) is 0 Å². The standard InChI is InChI=1S/C16H15F3N2O2/c1-10-2-4-11(5-3-10)14(22)9-21-15(23)12-6-7-20-8-13(12)16(17,18)19/h2-8,14,22H,9H2,1H3,(H,21,23)/t14-/m1/s1. The van der Waals surface area contributed by atoms with Gasteiger partial charge in [0.05, 0.1) is 17.2 Å². The van der Waals surface area contributed by atoms with Gasteiger partial charge in [-0.1, -0.05) is 29.8 Å². The van der Waals surface area contributed by atoms with E-state index in [2.05, 4.69) is 10.3 Å². The summed E-state index contributed by atoms with van der Waals surface area (Å²) in [5.41, 5.74) is -0.0517. The second kappa shape index (κ2) is 6.78. The molecule has 2 rings (SSSR count). The SMILES string of the molecule is Cc1ccc([C@H](O)CNC(=O)c2ccncc2C(F)(F)F)cc1. The van der Waals surface area contributed by atoms with Crippen LogP contribution in [0.2, 0.25) is 0 Å². The number of aliphatic hydroxyl groups is 1. The summed E-state index contributed by atoms with van der Waals surface area (Å²) in [4.78, 5) is 15.3. The molecule has 2 N–H and O–H groups in total. The van der Waals surface area contributed by atoms with Crippen LogP contribution in [0.5, 0.6) is 0 Å². The first-order valence-electron chi connectivity index (χ1n) is 6.83. The summed E-state index contributed by atoms with van der Waals surface area (Å²) in [6.07, 6.45) is -3.96. The van der Waals surface area contributed by atoms with Gasteiger partial charge in [0.1, 0.15) is 0 Å². The smallest absolute Gasteiger partial charge is 0.387 e. The first kappa shape index (κ1) is 17.0. The van der Waals surface area contributed by atoms with Crippen molar-refractivity contribution in [1.29, 1.82) is 0 Å². The topological polar surface area (TPSA) is 62.2 Å². The van der Waals surface area contributed by atoms with Crippen LogP contribution in [-0.2, 0) is 6.18 Å². The quantitative estimate of drug-likeness (QED) is 0.909. The number of nitrogens with one attached hydrogen (secondary N) is 1. The number of nitrogens with zero attached hydrogens (tertiary/aromatic N) is 1. The summed E-state index contributed by atoms with van der Waals surface area (Å²) in [6.45, 7) is 1.70. The van der Waals surface area contributed by atoms with Crippen molar-refractivity contribution in [3.8, 4) is 0 Å². The summed E-state index contributed by atoms with van der Waals surface area (Å²) in [5.74, 6) is -0.911. The average molecular weight is 324 g/mol. The molecule has 23 heavy (non-hydrogen) atoms. The fraction of sp³-hybridized carbons (Fsp3) is 0.250. The van der Waals surface area contributed by atoms with E-state index in [1.54, 1.807) is 24.3 Å². The summed E-state index contributed by atoms with van der Waals surface area (Å²) in [7, 11) is 0. The van der Waals surface area contributed by atoms with Gasteiger partial charge in [0.15, 0.2) is 0 Å². The molecule has 0 saturated carbocycles. The zero-order valence-corrected chi connectivity index (χ0v) is 12.3. The van der Waals surface area contributed by atoms with Crippen LogP contribution in [0.3, 0.4) is 0 Å². The predicted octanol–water partition coefficient (Wildman–Crippen LogP) is 2.87. The molecule has 0 aliphatic carbocycles. The van der Waals surface area contributed by atoms with Gasteiger partial charge < -0.3 is 10.4 Å². The van der Waals surface area contributed by atoms with E-state index in [1.807, 2.05) is 6.92 Å². The number of hydrogen-bond acceptors (Lipinski definition) is 3. The van der Waals surface area contributed by atoms with Gasteiger partial charge in [-0.05, 0) is 18.6 Å².